The highest BCUT2D eigenvalue weighted by molar-refractivity contribution is 5.69. The number of nitriles is 1. The molecular weight excluding hydrogens is 252 g/mol. The summed E-state index contributed by atoms with van der Waals surface area (Å²) >= 11 is 0. The summed E-state index contributed by atoms with van der Waals surface area (Å²) in [4.78, 5) is 13.7. The van der Waals surface area contributed by atoms with Crippen LogP contribution in [0.15, 0.2) is 30.3 Å². The van der Waals surface area contributed by atoms with Gasteiger partial charge in [0.15, 0.2) is 0 Å². The number of hydrogen-bond donors (Lipinski definition) is 0. The predicted octanol–water partition coefficient (Wildman–Crippen LogP) is 3.16. The van der Waals surface area contributed by atoms with Crippen LogP contribution in [-0.2, 0) is 4.74 Å². The molecule has 0 N–H and O–H groups in total. The Balaban J connectivity index is 2.11. The lowest BCUT2D eigenvalue weighted by Crippen LogP contribution is -2.35. The first-order valence-corrected chi connectivity index (χ1v) is 6.83. The van der Waals surface area contributed by atoms with E-state index in [1.54, 1.807) is 4.90 Å². The molecule has 1 fully saturated rings. The fraction of sp³-hybridized carbons (Fsp3) is 0.500. The molecule has 1 aromatic carbocycles. The molecule has 0 saturated carbocycles. The van der Waals surface area contributed by atoms with Gasteiger partial charge >= 0.3 is 6.09 Å². The van der Waals surface area contributed by atoms with Gasteiger partial charge in [0, 0.05) is 19.0 Å². The first-order valence-electron chi connectivity index (χ1n) is 6.83. The summed E-state index contributed by atoms with van der Waals surface area (Å²) in [6.45, 7) is 6.51. The van der Waals surface area contributed by atoms with Crippen LogP contribution >= 0.6 is 0 Å². The average Bonchev–Trinajstić information content (AvgIpc) is 2.82. The summed E-state index contributed by atoms with van der Waals surface area (Å²) in [7, 11) is 0. The third kappa shape index (κ3) is 3.30. The minimum absolute atomic E-state index is 0.0636. The fourth-order valence-corrected chi connectivity index (χ4v) is 2.45. The molecule has 106 valence electrons. The molecule has 0 spiro atoms. The highest BCUT2D eigenvalue weighted by Crippen LogP contribution is 2.32. The lowest BCUT2D eigenvalue weighted by molar-refractivity contribution is 0.0289. The van der Waals surface area contributed by atoms with Gasteiger partial charge in [-0.15, -0.1) is 0 Å². The normalized spacial score (nSPS) is 22.4. The van der Waals surface area contributed by atoms with Crippen molar-refractivity contribution in [2.24, 2.45) is 5.92 Å². The average molecular weight is 272 g/mol. The predicted molar refractivity (Wildman–Crippen MR) is 76.1 cm³/mol. The minimum Gasteiger partial charge on any atom is -0.444 e. The molecule has 20 heavy (non-hydrogen) atoms. The number of ether oxygens (including phenoxy) is 1. The van der Waals surface area contributed by atoms with Crippen molar-refractivity contribution in [3.8, 4) is 6.07 Å². The molecule has 0 radical (unpaired) electrons. The van der Waals surface area contributed by atoms with Gasteiger partial charge in [-0.25, -0.2) is 4.79 Å². The number of amides is 1. The zero-order valence-corrected chi connectivity index (χ0v) is 12.2. The molecule has 1 saturated heterocycles. The van der Waals surface area contributed by atoms with Gasteiger partial charge < -0.3 is 9.64 Å². The Labute approximate surface area is 120 Å². The van der Waals surface area contributed by atoms with E-state index in [4.69, 9.17) is 4.74 Å². The second kappa shape index (κ2) is 5.54. The molecule has 0 unspecified atom stereocenters. The van der Waals surface area contributed by atoms with E-state index in [9.17, 15) is 10.1 Å². The number of carbonyl (C=O) groups is 1. The van der Waals surface area contributed by atoms with Crippen molar-refractivity contribution in [1.29, 1.82) is 5.26 Å². The van der Waals surface area contributed by atoms with Gasteiger partial charge in [0.05, 0.1) is 12.0 Å². The van der Waals surface area contributed by atoms with Crippen molar-refractivity contribution in [1.82, 2.24) is 4.90 Å². The van der Waals surface area contributed by atoms with Gasteiger partial charge in [0.1, 0.15) is 5.60 Å². The van der Waals surface area contributed by atoms with Crippen LogP contribution in [0.3, 0.4) is 0 Å². The molecule has 0 bridgehead atoms. The van der Waals surface area contributed by atoms with E-state index in [-0.39, 0.29) is 17.9 Å². The summed E-state index contributed by atoms with van der Waals surface area (Å²) in [5.74, 6) is -0.112. The SMILES string of the molecule is CC(C)(C)OC(=O)N1C[C@H](c2ccccc2)[C@@H](C#N)C1. The second-order valence-corrected chi connectivity index (χ2v) is 6.14. The van der Waals surface area contributed by atoms with E-state index in [1.807, 2.05) is 51.1 Å². The van der Waals surface area contributed by atoms with Crippen LogP contribution in [0.2, 0.25) is 0 Å². The maximum absolute atomic E-state index is 12.1. The van der Waals surface area contributed by atoms with Gasteiger partial charge in [-0.05, 0) is 26.3 Å². The lowest BCUT2D eigenvalue weighted by atomic mass is 9.90. The highest BCUT2D eigenvalue weighted by atomic mass is 16.6. The molecule has 0 aliphatic carbocycles. The van der Waals surface area contributed by atoms with E-state index in [1.165, 1.54) is 0 Å². The molecule has 1 aromatic rings. The molecule has 2 atom stereocenters. The topological polar surface area (TPSA) is 53.3 Å². The Kier molecular flexibility index (Phi) is 3.99. The third-order valence-corrected chi connectivity index (χ3v) is 3.37. The summed E-state index contributed by atoms with van der Waals surface area (Å²) in [5.41, 5.74) is 0.592. The van der Waals surface area contributed by atoms with E-state index in [2.05, 4.69) is 6.07 Å². The zero-order valence-electron chi connectivity index (χ0n) is 12.2. The maximum Gasteiger partial charge on any atom is 0.410 e. The maximum atomic E-state index is 12.1. The summed E-state index contributed by atoms with van der Waals surface area (Å²) in [6.07, 6.45) is -0.337. The number of hydrogen-bond acceptors (Lipinski definition) is 3. The van der Waals surface area contributed by atoms with Gasteiger partial charge in [0.2, 0.25) is 0 Å². The standard InChI is InChI=1S/C16H20N2O2/c1-16(2,3)20-15(19)18-10-13(9-17)14(11-18)12-7-5-4-6-8-12/h4-8,13-14H,10-11H2,1-3H3/t13-,14+/m0/s1. The van der Waals surface area contributed by atoms with Crippen molar-refractivity contribution in [3.05, 3.63) is 35.9 Å². The zero-order chi connectivity index (χ0) is 14.8. The second-order valence-electron chi connectivity index (χ2n) is 6.14. The Morgan fingerprint density at radius 2 is 1.95 bits per heavy atom. The van der Waals surface area contributed by atoms with Crippen molar-refractivity contribution in [2.75, 3.05) is 13.1 Å². The lowest BCUT2D eigenvalue weighted by Gasteiger charge is -2.24. The van der Waals surface area contributed by atoms with Gasteiger partial charge in [-0.3, -0.25) is 0 Å². The van der Waals surface area contributed by atoms with Crippen LogP contribution in [-0.4, -0.2) is 29.7 Å². The van der Waals surface area contributed by atoms with Crippen LogP contribution in [0.4, 0.5) is 4.79 Å². The van der Waals surface area contributed by atoms with Crippen LogP contribution < -0.4 is 0 Å². The van der Waals surface area contributed by atoms with Crippen LogP contribution in [0.5, 0.6) is 0 Å². The fourth-order valence-electron chi connectivity index (χ4n) is 2.45. The molecule has 4 nitrogen and oxygen atoms in total. The summed E-state index contributed by atoms with van der Waals surface area (Å²) < 4.78 is 5.38. The number of benzene rings is 1. The summed E-state index contributed by atoms with van der Waals surface area (Å²) in [6, 6.07) is 12.2. The highest BCUT2D eigenvalue weighted by Gasteiger charge is 2.37. The van der Waals surface area contributed by atoms with Gasteiger partial charge in [-0.2, -0.15) is 5.26 Å². The van der Waals surface area contributed by atoms with E-state index >= 15 is 0 Å². The first kappa shape index (κ1) is 14.4. The number of rotatable bonds is 1. The van der Waals surface area contributed by atoms with Crippen molar-refractivity contribution < 1.29 is 9.53 Å². The number of carbonyl (C=O) groups excluding carboxylic acids is 1. The molecule has 4 heteroatoms. The largest absolute Gasteiger partial charge is 0.444 e. The molecular formula is C16H20N2O2. The quantitative estimate of drug-likeness (QED) is 0.789. The Morgan fingerprint density at radius 3 is 2.50 bits per heavy atom. The Hall–Kier alpha value is -2.02. The molecule has 1 aliphatic rings. The summed E-state index contributed by atoms with van der Waals surface area (Å²) in [5, 5.41) is 9.30. The monoisotopic (exact) mass is 272 g/mol. The van der Waals surface area contributed by atoms with Gasteiger partial charge in [-0.1, -0.05) is 30.3 Å². The van der Waals surface area contributed by atoms with Crippen molar-refractivity contribution in [2.45, 2.75) is 32.3 Å². The van der Waals surface area contributed by atoms with Crippen LogP contribution in [0, 0.1) is 17.2 Å². The molecule has 1 aliphatic heterocycles. The van der Waals surface area contributed by atoms with Crippen LogP contribution in [0.25, 0.3) is 0 Å². The molecule has 0 aromatic heterocycles. The van der Waals surface area contributed by atoms with Crippen molar-refractivity contribution >= 4 is 6.09 Å². The number of likely N-dealkylation sites (tertiary alicyclic amines) is 1. The van der Waals surface area contributed by atoms with Gasteiger partial charge in [0.25, 0.3) is 0 Å². The van der Waals surface area contributed by atoms with E-state index in [0.29, 0.717) is 13.1 Å². The Bertz CT molecular complexity index is 514. The van der Waals surface area contributed by atoms with Crippen LogP contribution in [0.1, 0.15) is 32.3 Å². The third-order valence-electron chi connectivity index (χ3n) is 3.37. The van der Waals surface area contributed by atoms with Crippen molar-refractivity contribution in [3.63, 3.8) is 0 Å². The van der Waals surface area contributed by atoms with E-state index in [0.717, 1.165) is 5.56 Å². The number of nitrogens with zero attached hydrogens (tertiary/aromatic N) is 2. The first-order chi connectivity index (χ1) is 9.40. The molecule has 2 rings (SSSR count). The van der Waals surface area contributed by atoms with E-state index < -0.39 is 5.60 Å². The minimum atomic E-state index is -0.510. The Morgan fingerprint density at radius 1 is 1.30 bits per heavy atom. The molecule has 1 heterocycles. The smallest absolute Gasteiger partial charge is 0.410 e. The molecule has 1 amide bonds.